The van der Waals surface area contributed by atoms with Crippen LogP contribution in [0.5, 0.6) is 0 Å². The summed E-state index contributed by atoms with van der Waals surface area (Å²) in [5.74, 6) is 0.115. The van der Waals surface area contributed by atoms with Crippen LogP contribution in [0.4, 0.5) is 0 Å². The van der Waals surface area contributed by atoms with E-state index in [1.165, 1.54) is 23.6 Å². The van der Waals surface area contributed by atoms with Crippen LogP contribution < -0.4 is 10.6 Å². The third-order valence-electron chi connectivity index (χ3n) is 21.5. The number of allylic oxidation sites excluding steroid dienone is 3. The van der Waals surface area contributed by atoms with Crippen LogP contribution in [0.2, 0.25) is 40.2 Å². The van der Waals surface area contributed by atoms with Gasteiger partial charge in [-0.3, -0.25) is 9.59 Å². The molecule has 139 heavy (non-hydrogen) atoms. The Bertz CT molecular complexity index is 5360. The number of rotatable bonds is 37. The molecule has 10 N–H and O–H groups in total. The standard InChI is InChI=1S/C29H38Cl2N2O3.C26H33Cl2NO3.C26H31Cl2NO2.C10H13ClNO.C7H7ClO.2C4H10NO.CH2I2.CH4O.H2O/c1-7-15-29(4,28(35)32-26(20(2)3)18-36-19-33(5)6)17-25(22-9-8-10-24(31)16-22)27(34)21-11-13-23(30)14-12-21;1-5-13-26(4,25(32)29-23(16-30)17(2)3)15-22(19-7-6-8-21(28)14-19)24(31)18-9-11-20(27)12-10-18;1-5-13-26(4,25-29-23(16-31-25)17(2)3)15-22(19-7-6-8-21(28)14-19)24(30)18-9-11-20(27)12-10-18;1-12(2)8-13-7-9-3-5-10(11)6-4-9;8-7-3-1-6(5-9)2-4-7;2*1-5(2)4-6-3;2-1-3;1-2;/h7-14,16,19-20,25-27,34H,1,15,17-18H2,2-6H3;5-12,14,17,22-24,30-31H,1,13,15-16H2,2-4H3,(H,29,32);5-12,14,17,22-24,30H,1,13,15-16H2,2-4H3;3-6,8H,7H2,1-2H3;1-4,9H,5H2;2*4H,1-3H3;1H2;2H,1H3;1H2/q;;;+1;;2*+1;;;/p+1/t25-,26+,27-,29-;2*22-,23+,24-,26-;;;;;;;/m000......./s1/i;;;1D3,8D;;1D3,4D;;;;/hD. The first-order valence-electron chi connectivity index (χ1n) is 48.9. The van der Waals surface area contributed by atoms with Gasteiger partial charge in [0.1, 0.15) is 84.3 Å². The number of nitrogens with zero attached hydrogens (tertiary/aromatic N) is 5. The molecule has 0 aliphatic carbocycles. The third kappa shape index (κ3) is 51.7. The summed E-state index contributed by atoms with van der Waals surface area (Å²) in [6.45, 7) is 26.3. The van der Waals surface area contributed by atoms with Crippen molar-refractivity contribution >= 4 is 181 Å². The van der Waals surface area contributed by atoms with Gasteiger partial charge in [0.2, 0.25) is 13.2 Å². The summed E-state index contributed by atoms with van der Waals surface area (Å²) in [4.78, 5) is 32.0. The Morgan fingerprint density at radius 1 is 0.504 bits per heavy atom. The van der Waals surface area contributed by atoms with Gasteiger partial charge in [0.25, 0.3) is 0 Å². The molecule has 21 nitrogen and oxygen atoms in total. The number of aliphatic imine (C=N–C) groups is 1. The van der Waals surface area contributed by atoms with Gasteiger partial charge in [-0.1, -0.05) is 316 Å². The quantitative estimate of drug-likeness (QED) is 0.00450. The highest BCUT2D eigenvalue weighted by atomic mass is 127. The molecular formula is C108H151Cl8I2N7O14+4. The zero-order valence-electron chi connectivity index (χ0n) is 91.9. The van der Waals surface area contributed by atoms with Crippen LogP contribution >= 0.6 is 138 Å². The molecule has 8 aromatic carbocycles. The highest BCUT2D eigenvalue weighted by Crippen LogP contribution is 2.48. The number of alkyl halides is 2. The van der Waals surface area contributed by atoms with Crippen LogP contribution in [0.15, 0.2) is 237 Å². The van der Waals surface area contributed by atoms with Crippen molar-refractivity contribution in [3.05, 3.63) is 317 Å². The van der Waals surface area contributed by atoms with E-state index >= 15 is 0 Å². The largest absolute Gasteiger partial charge is 0.478 e. The fourth-order valence-electron chi connectivity index (χ4n) is 13.9. The summed E-state index contributed by atoms with van der Waals surface area (Å²) >= 11 is 52.9. The fourth-order valence-corrected chi connectivity index (χ4v) is 15.2. The normalized spacial score (nSPS) is 16.0. The molecule has 8 aromatic rings. The number of hydrogen-bond donors (Lipinski definition) is 8. The van der Waals surface area contributed by atoms with E-state index in [1.54, 1.807) is 141 Å². The lowest BCUT2D eigenvalue weighted by molar-refractivity contribution is -0.468. The smallest absolute Gasteiger partial charge is 0.323 e. The van der Waals surface area contributed by atoms with Crippen molar-refractivity contribution in [2.24, 2.45) is 39.0 Å². The highest BCUT2D eigenvalue weighted by Gasteiger charge is 2.43. The van der Waals surface area contributed by atoms with Crippen LogP contribution in [-0.2, 0) is 46.5 Å². The number of aliphatic hydroxyl groups is 6. The summed E-state index contributed by atoms with van der Waals surface area (Å²) in [6, 6.07) is 57.6. The van der Waals surface area contributed by atoms with Gasteiger partial charge in [-0.05, 0) is 198 Å². The number of amides is 2. The van der Waals surface area contributed by atoms with Crippen LogP contribution in [0.3, 0.4) is 0 Å². The van der Waals surface area contributed by atoms with Gasteiger partial charge in [-0.25, -0.2) is 23.3 Å². The van der Waals surface area contributed by atoms with Crippen molar-refractivity contribution < 1.29 is 100 Å². The van der Waals surface area contributed by atoms with E-state index in [0.29, 0.717) is 103 Å². The second kappa shape index (κ2) is 72.1. The Balaban J connectivity index is 0.00000179. The molecule has 0 spiro atoms. The molecular weight excluding hydrogens is 2160 g/mol. The molecule has 1 aliphatic heterocycles. The molecule has 12 atom stereocenters. The lowest BCUT2D eigenvalue weighted by Gasteiger charge is -2.36. The predicted octanol–water partition coefficient (Wildman–Crippen LogP) is 23.8. The number of hydrogen-bond acceptors (Lipinski definition) is 14. The minimum Gasteiger partial charge on any atom is -0.478 e. The minimum atomic E-state index is -2.36. The number of benzene rings is 8. The van der Waals surface area contributed by atoms with Gasteiger partial charge in [-0.2, -0.15) is 0 Å². The Morgan fingerprint density at radius 3 is 1.14 bits per heavy atom. The average Bonchev–Trinajstić information content (AvgIpc) is 1.58. The first kappa shape index (κ1) is 115. The van der Waals surface area contributed by atoms with Crippen LogP contribution in [0.1, 0.15) is 194 Å². The molecule has 0 saturated carbocycles. The zero-order valence-corrected chi connectivity index (χ0v) is 93.3. The summed E-state index contributed by atoms with van der Waals surface area (Å²) in [5, 5.41) is 70.7. The Morgan fingerprint density at radius 2 is 0.849 bits per heavy atom. The van der Waals surface area contributed by atoms with Crippen molar-refractivity contribution in [2.45, 2.75) is 168 Å². The van der Waals surface area contributed by atoms with E-state index in [4.69, 9.17) is 140 Å². The maximum atomic E-state index is 13.7. The second-order valence-electron chi connectivity index (χ2n) is 34.6. The van der Waals surface area contributed by atoms with Crippen LogP contribution in [-0.4, -0.2) is 216 Å². The highest BCUT2D eigenvalue weighted by molar-refractivity contribution is 14.2. The van der Waals surface area contributed by atoms with E-state index in [2.05, 4.69) is 106 Å². The molecule has 9 rings (SSSR count). The number of methoxy groups -OCH3 is 2. The summed E-state index contributed by atoms with van der Waals surface area (Å²) in [6.07, 6.45) is 8.32. The maximum absolute atomic E-state index is 13.7. The summed E-state index contributed by atoms with van der Waals surface area (Å²) in [7, 11) is 14.0. The maximum Gasteiger partial charge on any atom is 0.323 e. The molecule has 768 valence electrons. The minimum absolute atomic E-state index is 0.0805. The molecule has 0 unspecified atom stereocenters. The Hall–Kier alpha value is -7.23. The Kier molecular flexibility index (Phi) is 59.8. The lowest BCUT2D eigenvalue weighted by Crippen LogP contribution is -2.48. The molecule has 1 aliphatic rings. The first-order valence-corrected chi connectivity index (χ1v) is 50.5. The van der Waals surface area contributed by atoms with E-state index in [-0.39, 0.29) is 80.3 Å². The number of carbonyl (C=O) groups excluding carboxylic acids is 2. The number of carbonyl (C=O) groups is 2. The molecule has 0 aromatic heterocycles. The van der Waals surface area contributed by atoms with Gasteiger partial charge in [0.05, 0.1) is 77.1 Å². The molecule has 0 bridgehead atoms. The average molecular weight is 2320 g/mol. The van der Waals surface area contributed by atoms with E-state index in [1.807, 2.05) is 170 Å². The summed E-state index contributed by atoms with van der Waals surface area (Å²) in [5.41, 5.74) is 10.8. The van der Waals surface area contributed by atoms with E-state index in [9.17, 15) is 30.0 Å². The van der Waals surface area contributed by atoms with Crippen LogP contribution in [0.25, 0.3) is 0 Å². The van der Waals surface area contributed by atoms with E-state index < -0.39 is 60.3 Å². The van der Waals surface area contributed by atoms with Gasteiger partial charge in [-0.15, -0.1) is 19.7 Å². The van der Waals surface area contributed by atoms with Crippen molar-refractivity contribution in [1.82, 2.24) is 10.6 Å². The van der Waals surface area contributed by atoms with Crippen molar-refractivity contribution in [3.8, 4) is 0 Å². The van der Waals surface area contributed by atoms with Crippen molar-refractivity contribution in [2.75, 3.05) is 99.8 Å². The van der Waals surface area contributed by atoms with E-state index in [0.717, 1.165) is 61.1 Å². The third-order valence-corrected chi connectivity index (χ3v) is 23.4. The molecule has 0 fully saturated rings. The monoisotopic (exact) mass is 2310 g/mol. The molecule has 0 saturated heterocycles. The van der Waals surface area contributed by atoms with Gasteiger partial charge in [0, 0.05) is 70.5 Å². The predicted molar refractivity (Wildman–Crippen MR) is 598 cm³/mol. The fraction of sp³-hybridized carbons (Fsp3) is 0.435. The Labute approximate surface area is 908 Å². The number of nitrogens with one attached hydrogen (secondary N) is 2. The van der Waals surface area contributed by atoms with Gasteiger partial charge >= 0.3 is 25.6 Å². The van der Waals surface area contributed by atoms with Gasteiger partial charge < -0.3 is 70.4 Å². The summed E-state index contributed by atoms with van der Waals surface area (Å²) < 4.78 is 93.1. The van der Waals surface area contributed by atoms with Crippen molar-refractivity contribution in [1.29, 1.82) is 0 Å². The molecule has 0 radical (unpaired) electrons. The zero-order chi connectivity index (χ0) is 113. The topological polar surface area (TPSA) is 282 Å². The first-order chi connectivity index (χ1) is 69.5. The van der Waals surface area contributed by atoms with Crippen molar-refractivity contribution in [3.63, 3.8) is 0 Å². The molecule has 2 amide bonds. The second-order valence-corrected chi connectivity index (χ2v) is 42.6. The number of ether oxygens (including phenoxy) is 5. The lowest BCUT2D eigenvalue weighted by atomic mass is 9.72. The molecule has 1 heterocycles. The van der Waals surface area contributed by atoms with Gasteiger partial charge in [0.15, 0.2) is 8.64 Å². The number of halogens is 10. The number of aliphatic hydroxyl groups excluding tert-OH is 6. The SMILES string of the molecule is C=CC[C@@](C)(C[C@@H](c1cccc(Cl)c1)[C@@H](O)c1ccc(Cl)cc1)C(=O)N[C@H](CO)C(C)C.C=CC[C@@](C)(C[C@@H](c1cccc(Cl)c1)[C@@H](O)c1ccc(Cl)cc1)C(=O)N[C@H](COC=[N+](C)C)C(C)C.C=CC[C@@](C)(C[C@@H](c1cccc(Cl)c1)[C@@H](O)c1ccc(Cl)cc1)C1=N[C@@H](C(C)C)CO1.CO.COC=[N+](C)C.ICI.OCc1ccc(Cl)cc1.[2H]C(OC)=[N+](C)C([2H])([2H])[2H].[2H]C(OCc1ccc(Cl)cc1)=[N+](C)C([2H])([2H])[2H].[2H]O. The molecule has 31 heteroatoms. The van der Waals surface area contributed by atoms with Crippen LogP contribution in [0, 0.1) is 34.0 Å².